The highest BCUT2D eigenvalue weighted by molar-refractivity contribution is 5.95. The van der Waals surface area contributed by atoms with Crippen molar-refractivity contribution in [1.29, 1.82) is 0 Å². The van der Waals surface area contributed by atoms with Crippen LogP contribution in [0.5, 0.6) is 0 Å². The van der Waals surface area contributed by atoms with Gasteiger partial charge in [-0.1, -0.05) is 6.08 Å². The van der Waals surface area contributed by atoms with Gasteiger partial charge in [-0.3, -0.25) is 0 Å². The Kier molecular flexibility index (Phi) is 3.79. The minimum Gasteiger partial charge on any atom is -0.465 e. The largest absolute Gasteiger partial charge is 0.465 e. The lowest BCUT2D eigenvalue weighted by Crippen LogP contribution is -2.33. The van der Waals surface area contributed by atoms with Crippen molar-refractivity contribution in [3.05, 3.63) is 60.6 Å². The Hall–Kier alpha value is -3.74. The molecule has 1 amide bonds. The van der Waals surface area contributed by atoms with Gasteiger partial charge in [0.05, 0.1) is 5.69 Å². The lowest BCUT2D eigenvalue weighted by atomic mass is 10.1. The summed E-state index contributed by atoms with van der Waals surface area (Å²) in [5.41, 5.74) is 6.01. The van der Waals surface area contributed by atoms with Gasteiger partial charge in [0, 0.05) is 53.2 Å². The fourth-order valence-electron chi connectivity index (χ4n) is 3.68. The quantitative estimate of drug-likeness (QED) is 0.423. The van der Waals surface area contributed by atoms with E-state index in [1.165, 1.54) is 4.90 Å². The first-order valence-corrected chi connectivity index (χ1v) is 9.16. The monoisotopic (exact) mass is 373 g/mol. The Labute approximate surface area is 160 Å². The van der Waals surface area contributed by atoms with Crippen LogP contribution in [0.2, 0.25) is 0 Å². The summed E-state index contributed by atoms with van der Waals surface area (Å²) in [4.78, 5) is 23.5. The highest BCUT2D eigenvalue weighted by Crippen LogP contribution is 2.31. The lowest BCUT2D eigenvalue weighted by molar-refractivity contribution is 0.150. The Morgan fingerprint density at radius 3 is 2.96 bits per heavy atom. The van der Waals surface area contributed by atoms with Gasteiger partial charge in [-0.25, -0.2) is 9.78 Å². The molecule has 0 unspecified atom stereocenters. The average Bonchev–Trinajstić information content (AvgIpc) is 3.35. The molecule has 1 aliphatic rings. The molecule has 0 bridgehead atoms. The summed E-state index contributed by atoms with van der Waals surface area (Å²) in [6.07, 6.45) is 5.49. The van der Waals surface area contributed by atoms with Crippen molar-refractivity contribution >= 4 is 45.0 Å². The summed E-state index contributed by atoms with van der Waals surface area (Å²) < 4.78 is 0. The minimum atomic E-state index is -0.875. The Morgan fingerprint density at radius 2 is 2.14 bits per heavy atom. The Bertz CT molecular complexity index is 1220. The van der Waals surface area contributed by atoms with Crippen molar-refractivity contribution < 1.29 is 9.90 Å². The standard InChI is InChI=1S/C21H19N5O2/c27-21(28)26-9-5-13(6-10-26)19-12-16-18(4-8-23-20(16)25-19)24-15-1-2-17-14(11-15)3-7-22-17/h1-5,7-8,11-12,22H,6,9-10H2,(H,27,28)(H2,23,24,25). The Morgan fingerprint density at radius 1 is 1.21 bits per heavy atom. The van der Waals surface area contributed by atoms with Crippen LogP contribution in [0.3, 0.4) is 0 Å². The van der Waals surface area contributed by atoms with Gasteiger partial charge < -0.3 is 25.3 Å². The SMILES string of the molecule is O=C(O)N1CC=C(c2cc3c(Nc4ccc5[nH]ccc5c4)ccnc3[nH]2)CC1. The summed E-state index contributed by atoms with van der Waals surface area (Å²) >= 11 is 0. The van der Waals surface area contributed by atoms with Gasteiger partial charge in [-0.15, -0.1) is 0 Å². The molecule has 4 N–H and O–H groups in total. The molecule has 7 nitrogen and oxygen atoms in total. The highest BCUT2D eigenvalue weighted by atomic mass is 16.4. The number of H-pyrrole nitrogens is 2. The van der Waals surface area contributed by atoms with Crippen LogP contribution in [0.1, 0.15) is 12.1 Å². The average molecular weight is 373 g/mol. The van der Waals surface area contributed by atoms with Crippen molar-refractivity contribution in [2.24, 2.45) is 0 Å². The first kappa shape index (κ1) is 16.4. The van der Waals surface area contributed by atoms with Crippen LogP contribution < -0.4 is 5.32 Å². The van der Waals surface area contributed by atoms with Crippen LogP contribution in [0.25, 0.3) is 27.5 Å². The summed E-state index contributed by atoms with van der Waals surface area (Å²) in [6, 6.07) is 12.3. The number of anilines is 2. The number of carboxylic acid groups (broad SMARTS) is 1. The van der Waals surface area contributed by atoms with Gasteiger partial charge in [0.1, 0.15) is 5.65 Å². The third-order valence-electron chi connectivity index (χ3n) is 5.19. The number of fused-ring (bicyclic) bond motifs is 2. The number of rotatable bonds is 3. The summed E-state index contributed by atoms with van der Waals surface area (Å²) in [7, 11) is 0. The van der Waals surface area contributed by atoms with Gasteiger partial charge >= 0.3 is 6.09 Å². The van der Waals surface area contributed by atoms with Crippen molar-refractivity contribution in [3.63, 3.8) is 0 Å². The topological polar surface area (TPSA) is 97.0 Å². The van der Waals surface area contributed by atoms with Gasteiger partial charge in [-0.2, -0.15) is 0 Å². The predicted molar refractivity (Wildman–Crippen MR) is 110 cm³/mol. The van der Waals surface area contributed by atoms with E-state index in [4.69, 9.17) is 5.11 Å². The predicted octanol–water partition coefficient (Wildman–Crippen LogP) is 4.55. The highest BCUT2D eigenvalue weighted by Gasteiger charge is 2.18. The van der Waals surface area contributed by atoms with Crippen LogP contribution in [-0.2, 0) is 0 Å². The fourth-order valence-corrected chi connectivity index (χ4v) is 3.68. The van der Waals surface area contributed by atoms with E-state index in [0.717, 1.165) is 44.6 Å². The minimum absolute atomic E-state index is 0.412. The maximum absolute atomic E-state index is 11.1. The smallest absolute Gasteiger partial charge is 0.407 e. The van der Waals surface area contributed by atoms with Gasteiger partial charge in [0.2, 0.25) is 0 Å². The molecular weight excluding hydrogens is 354 g/mol. The van der Waals surface area contributed by atoms with Crippen LogP contribution in [0.15, 0.2) is 54.9 Å². The van der Waals surface area contributed by atoms with E-state index in [1.807, 2.05) is 30.5 Å². The van der Waals surface area contributed by atoms with E-state index < -0.39 is 6.09 Å². The van der Waals surface area contributed by atoms with Gasteiger partial charge in [0.15, 0.2) is 0 Å². The van der Waals surface area contributed by atoms with Crippen molar-refractivity contribution in [2.45, 2.75) is 6.42 Å². The van der Waals surface area contributed by atoms with E-state index in [-0.39, 0.29) is 0 Å². The molecule has 1 aromatic carbocycles. The van der Waals surface area contributed by atoms with E-state index in [9.17, 15) is 4.79 Å². The molecule has 28 heavy (non-hydrogen) atoms. The second-order valence-electron chi connectivity index (χ2n) is 6.92. The summed E-state index contributed by atoms with van der Waals surface area (Å²) in [6.45, 7) is 0.918. The molecule has 4 heterocycles. The number of nitrogens with zero attached hydrogens (tertiary/aromatic N) is 2. The van der Waals surface area contributed by atoms with Crippen molar-refractivity contribution in [3.8, 4) is 0 Å². The molecule has 0 radical (unpaired) electrons. The third-order valence-corrected chi connectivity index (χ3v) is 5.19. The zero-order valence-corrected chi connectivity index (χ0v) is 15.1. The fraction of sp³-hybridized carbons (Fsp3) is 0.143. The normalized spacial score (nSPS) is 14.4. The molecule has 7 heteroatoms. The summed E-state index contributed by atoms with van der Waals surface area (Å²) in [5, 5.41) is 14.8. The van der Waals surface area contributed by atoms with Crippen LogP contribution in [0, 0.1) is 0 Å². The zero-order valence-electron chi connectivity index (χ0n) is 15.1. The maximum atomic E-state index is 11.1. The molecule has 0 fully saturated rings. The lowest BCUT2D eigenvalue weighted by Gasteiger charge is -2.23. The number of aromatic amines is 2. The molecule has 1 aliphatic heterocycles. The summed E-state index contributed by atoms with van der Waals surface area (Å²) in [5.74, 6) is 0. The molecule has 0 aliphatic carbocycles. The van der Waals surface area contributed by atoms with Crippen LogP contribution >= 0.6 is 0 Å². The number of hydrogen-bond acceptors (Lipinski definition) is 3. The van der Waals surface area contributed by atoms with E-state index in [1.54, 1.807) is 6.20 Å². The number of nitrogens with one attached hydrogen (secondary N) is 3. The number of hydrogen-bond donors (Lipinski definition) is 4. The van der Waals surface area contributed by atoms with Crippen molar-refractivity contribution in [2.75, 3.05) is 18.4 Å². The van der Waals surface area contributed by atoms with Crippen LogP contribution in [-0.4, -0.2) is 44.1 Å². The van der Waals surface area contributed by atoms with E-state index >= 15 is 0 Å². The zero-order chi connectivity index (χ0) is 19.1. The second-order valence-corrected chi connectivity index (χ2v) is 6.92. The second kappa shape index (κ2) is 6.45. The van der Waals surface area contributed by atoms with E-state index in [2.05, 4.69) is 38.5 Å². The molecule has 3 aromatic heterocycles. The maximum Gasteiger partial charge on any atom is 0.407 e. The Balaban J connectivity index is 1.46. The van der Waals surface area contributed by atoms with Gasteiger partial charge in [0.25, 0.3) is 0 Å². The van der Waals surface area contributed by atoms with E-state index in [0.29, 0.717) is 19.5 Å². The third kappa shape index (κ3) is 2.87. The molecule has 4 aromatic rings. The number of benzene rings is 1. The molecule has 0 saturated heterocycles. The number of amides is 1. The van der Waals surface area contributed by atoms with Gasteiger partial charge in [-0.05, 0) is 48.4 Å². The molecule has 0 spiro atoms. The first-order chi connectivity index (χ1) is 13.7. The molecule has 5 rings (SSSR count). The number of aromatic nitrogens is 3. The molecule has 0 saturated carbocycles. The number of carbonyl (C=O) groups is 1. The number of pyridine rings is 1. The molecular formula is C21H19N5O2. The van der Waals surface area contributed by atoms with Crippen LogP contribution in [0.4, 0.5) is 16.2 Å². The molecule has 0 atom stereocenters. The molecule has 140 valence electrons. The first-order valence-electron chi connectivity index (χ1n) is 9.16. The van der Waals surface area contributed by atoms with Crippen molar-refractivity contribution in [1.82, 2.24) is 19.9 Å².